The van der Waals surface area contributed by atoms with E-state index in [4.69, 9.17) is 10.6 Å². The molecule has 0 spiro atoms. The van der Waals surface area contributed by atoms with Gasteiger partial charge in [-0.1, -0.05) is 60.7 Å². The van der Waals surface area contributed by atoms with Crippen LogP contribution in [-0.2, 0) is 10.5 Å². The molecule has 0 aliphatic carbocycles. The summed E-state index contributed by atoms with van der Waals surface area (Å²) >= 11 is 0. The number of carbonyl (C=O) groups excluding carboxylic acids is 1. The molecule has 2 amide bonds. The first kappa shape index (κ1) is 14.2. The maximum Gasteiger partial charge on any atom is 0.355 e. The zero-order chi connectivity index (χ0) is 15.6. The molecular formula is C16H16N4O2. The molecule has 0 saturated heterocycles. The standard InChI is InChI=1S/C16H16N4O2/c1-22-16(13-10-6-3-7-11-13)14(12-8-4-2-5-9-12)18-19-15(21)20(16)17/h2-11H,17H2,1H3,(H,19,21). The van der Waals surface area contributed by atoms with Crippen molar-refractivity contribution >= 4 is 11.7 Å². The van der Waals surface area contributed by atoms with Gasteiger partial charge in [-0.15, -0.1) is 0 Å². The minimum Gasteiger partial charge on any atom is -0.348 e. The van der Waals surface area contributed by atoms with Crippen molar-refractivity contribution in [1.29, 1.82) is 0 Å². The topological polar surface area (TPSA) is 80.0 Å². The Bertz CT molecular complexity index is 703. The third kappa shape index (κ3) is 2.05. The van der Waals surface area contributed by atoms with Crippen LogP contribution in [-0.4, -0.2) is 23.9 Å². The van der Waals surface area contributed by atoms with Crippen LogP contribution in [0.4, 0.5) is 4.79 Å². The number of benzene rings is 2. The van der Waals surface area contributed by atoms with Crippen LogP contribution >= 0.6 is 0 Å². The maximum atomic E-state index is 12.0. The van der Waals surface area contributed by atoms with Gasteiger partial charge in [0.15, 0.2) is 0 Å². The summed E-state index contributed by atoms with van der Waals surface area (Å²) in [5, 5.41) is 5.23. The summed E-state index contributed by atoms with van der Waals surface area (Å²) in [7, 11) is 1.50. The zero-order valence-corrected chi connectivity index (χ0v) is 12.1. The molecule has 0 aromatic heterocycles. The Morgan fingerprint density at radius 3 is 2.27 bits per heavy atom. The molecule has 3 N–H and O–H groups in total. The van der Waals surface area contributed by atoms with Crippen molar-refractivity contribution in [1.82, 2.24) is 10.4 Å². The summed E-state index contributed by atoms with van der Waals surface area (Å²) in [5.41, 5.74) is 3.17. The van der Waals surface area contributed by atoms with Crippen molar-refractivity contribution in [2.24, 2.45) is 10.9 Å². The second-order valence-corrected chi connectivity index (χ2v) is 4.83. The molecule has 6 heteroatoms. The van der Waals surface area contributed by atoms with Gasteiger partial charge in [0, 0.05) is 18.2 Å². The molecule has 6 nitrogen and oxygen atoms in total. The number of urea groups is 1. The minimum atomic E-state index is -1.29. The van der Waals surface area contributed by atoms with Crippen LogP contribution in [0.1, 0.15) is 11.1 Å². The summed E-state index contributed by atoms with van der Waals surface area (Å²) in [4.78, 5) is 12.0. The summed E-state index contributed by atoms with van der Waals surface area (Å²) in [6.45, 7) is 0. The smallest absolute Gasteiger partial charge is 0.348 e. The van der Waals surface area contributed by atoms with Gasteiger partial charge in [0.05, 0.1) is 0 Å². The Balaban J connectivity index is 2.24. The van der Waals surface area contributed by atoms with Gasteiger partial charge in [-0.2, -0.15) is 5.10 Å². The summed E-state index contributed by atoms with van der Waals surface area (Å²) in [6, 6.07) is 18.2. The molecular weight excluding hydrogens is 280 g/mol. The van der Waals surface area contributed by atoms with Gasteiger partial charge in [0.1, 0.15) is 5.71 Å². The lowest BCUT2D eigenvalue weighted by atomic mass is 9.91. The molecule has 2 aromatic rings. The fraction of sp³-hybridized carbons (Fsp3) is 0.125. The predicted molar refractivity (Wildman–Crippen MR) is 82.7 cm³/mol. The average Bonchev–Trinajstić information content (AvgIpc) is 2.59. The number of nitrogens with one attached hydrogen (secondary N) is 1. The van der Waals surface area contributed by atoms with Gasteiger partial charge in [-0.3, -0.25) is 0 Å². The molecule has 1 atom stereocenters. The van der Waals surface area contributed by atoms with E-state index in [0.29, 0.717) is 5.71 Å². The lowest BCUT2D eigenvalue weighted by Crippen LogP contribution is -2.64. The number of methoxy groups -OCH3 is 1. The van der Waals surface area contributed by atoms with E-state index in [1.165, 1.54) is 7.11 Å². The van der Waals surface area contributed by atoms with E-state index >= 15 is 0 Å². The Hall–Kier alpha value is -2.70. The Kier molecular flexibility index (Phi) is 3.62. The van der Waals surface area contributed by atoms with Crippen molar-refractivity contribution in [2.45, 2.75) is 5.72 Å². The van der Waals surface area contributed by atoms with Crippen molar-refractivity contribution in [3.8, 4) is 0 Å². The molecule has 2 aromatic carbocycles. The molecule has 112 valence electrons. The normalized spacial score (nSPS) is 21.3. The Morgan fingerprint density at radius 2 is 1.68 bits per heavy atom. The van der Waals surface area contributed by atoms with Crippen molar-refractivity contribution in [2.75, 3.05) is 7.11 Å². The number of hydrogen-bond donors (Lipinski definition) is 2. The third-order valence-electron chi connectivity index (χ3n) is 3.65. The molecule has 1 unspecified atom stereocenters. The van der Waals surface area contributed by atoms with Crippen molar-refractivity contribution < 1.29 is 9.53 Å². The molecule has 0 bridgehead atoms. The van der Waals surface area contributed by atoms with E-state index < -0.39 is 11.8 Å². The van der Waals surface area contributed by atoms with Gasteiger partial charge in [0.2, 0.25) is 5.72 Å². The largest absolute Gasteiger partial charge is 0.355 e. The van der Waals surface area contributed by atoms with Gasteiger partial charge in [-0.05, 0) is 0 Å². The van der Waals surface area contributed by atoms with Gasteiger partial charge in [0.25, 0.3) is 0 Å². The first-order valence-electron chi connectivity index (χ1n) is 6.79. The molecule has 0 saturated carbocycles. The number of hydrogen-bond acceptors (Lipinski definition) is 4. The molecule has 22 heavy (non-hydrogen) atoms. The van der Waals surface area contributed by atoms with Gasteiger partial charge >= 0.3 is 6.03 Å². The Morgan fingerprint density at radius 1 is 1.09 bits per heavy atom. The number of nitrogens with zero attached hydrogens (tertiary/aromatic N) is 2. The number of amides is 2. The van der Waals surface area contributed by atoms with Crippen LogP contribution in [0.25, 0.3) is 0 Å². The average molecular weight is 296 g/mol. The van der Waals surface area contributed by atoms with E-state index in [1.54, 1.807) is 0 Å². The van der Waals surface area contributed by atoms with Crippen LogP contribution in [0, 0.1) is 0 Å². The predicted octanol–water partition coefficient (Wildman–Crippen LogP) is 1.79. The van der Waals surface area contributed by atoms with Crippen molar-refractivity contribution in [3.63, 3.8) is 0 Å². The number of hydrazine groups is 1. The first-order valence-corrected chi connectivity index (χ1v) is 6.79. The van der Waals surface area contributed by atoms with E-state index in [1.807, 2.05) is 60.7 Å². The molecule has 0 fully saturated rings. The highest BCUT2D eigenvalue weighted by atomic mass is 16.5. The summed E-state index contributed by atoms with van der Waals surface area (Å²) in [5.74, 6) is 6.04. The SMILES string of the molecule is COC1(c2ccccc2)C(c2ccccc2)=NNC(=O)N1N. The highest BCUT2D eigenvalue weighted by molar-refractivity contribution is 6.09. The first-order chi connectivity index (χ1) is 10.7. The van der Waals surface area contributed by atoms with E-state index in [9.17, 15) is 4.79 Å². The van der Waals surface area contributed by atoms with Gasteiger partial charge < -0.3 is 4.74 Å². The van der Waals surface area contributed by atoms with Crippen LogP contribution in [0.2, 0.25) is 0 Å². The zero-order valence-electron chi connectivity index (χ0n) is 12.1. The molecule has 0 radical (unpaired) electrons. The van der Waals surface area contributed by atoms with Crippen LogP contribution in [0.5, 0.6) is 0 Å². The van der Waals surface area contributed by atoms with Crippen LogP contribution < -0.4 is 11.3 Å². The van der Waals surface area contributed by atoms with Crippen molar-refractivity contribution in [3.05, 3.63) is 71.8 Å². The number of nitrogens with two attached hydrogens (primary N) is 1. The molecule has 1 aliphatic rings. The lowest BCUT2D eigenvalue weighted by molar-refractivity contribution is -0.0684. The second-order valence-electron chi connectivity index (χ2n) is 4.83. The van der Waals surface area contributed by atoms with E-state index in [-0.39, 0.29) is 0 Å². The second kappa shape index (κ2) is 5.59. The van der Waals surface area contributed by atoms with E-state index in [2.05, 4.69) is 10.5 Å². The fourth-order valence-electron chi connectivity index (χ4n) is 2.60. The molecule has 3 rings (SSSR count). The summed E-state index contributed by atoms with van der Waals surface area (Å²) < 4.78 is 5.72. The molecule has 1 aliphatic heterocycles. The minimum absolute atomic E-state index is 0.518. The highest BCUT2D eigenvalue weighted by Crippen LogP contribution is 2.33. The van der Waals surface area contributed by atoms with Crippen LogP contribution in [0.15, 0.2) is 65.8 Å². The quantitative estimate of drug-likeness (QED) is 0.669. The van der Waals surface area contributed by atoms with E-state index in [0.717, 1.165) is 16.1 Å². The van der Waals surface area contributed by atoms with Gasteiger partial charge in [-0.25, -0.2) is 21.1 Å². The number of hydrazone groups is 1. The highest BCUT2D eigenvalue weighted by Gasteiger charge is 2.49. The van der Waals surface area contributed by atoms with Crippen LogP contribution in [0.3, 0.4) is 0 Å². The number of ether oxygens (including phenoxy) is 1. The lowest BCUT2D eigenvalue weighted by Gasteiger charge is -2.42. The summed E-state index contributed by atoms with van der Waals surface area (Å²) in [6.07, 6.45) is 0. The number of rotatable bonds is 3. The third-order valence-corrected chi connectivity index (χ3v) is 3.65. The Labute approximate surface area is 128 Å². The number of carbonyl (C=O) groups is 1. The monoisotopic (exact) mass is 296 g/mol. The maximum absolute atomic E-state index is 12.0. The fourth-order valence-corrected chi connectivity index (χ4v) is 2.60. The molecule has 1 heterocycles.